The minimum atomic E-state index is -0.672. The van der Waals surface area contributed by atoms with Crippen molar-refractivity contribution in [3.63, 3.8) is 0 Å². The molecule has 0 saturated carbocycles. The highest BCUT2D eigenvalue weighted by Crippen LogP contribution is 2.23. The van der Waals surface area contributed by atoms with Crippen LogP contribution in [0.1, 0.15) is 5.56 Å². The zero-order chi connectivity index (χ0) is 16.1. The third kappa shape index (κ3) is 3.92. The van der Waals surface area contributed by atoms with Crippen LogP contribution in [-0.4, -0.2) is 22.4 Å². The van der Waals surface area contributed by atoms with Gasteiger partial charge in [-0.1, -0.05) is 17.7 Å². The number of aryl methyl sites for hydroxylation is 1. The molecule has 0 radical (unpaired) electrons. The van der Waals surface area contributed by atoms with Crippen molar-refractivity contribution in [2.75, 3.05) is 11.9 Å². The van der Waals surface area contributed by atoms with Gasteiger partial charge in [-0.25, -0.2) is 0 Å². The number of nitrogens with zero attached hydrogens (tertiary/aromatic N) is 2. The first-order valence-corrected chi connectivity index (χ1v) is 6.63. The van der Waals surface area contributed by atoms with Gasteiger partial charge in [0, 0.05) is 10.7 Å². The number of pyridine rings is 1. The van der Waals surface area contributed by atoms with Gasteiger partial charge in [0.25, 0.3) is 5.91 Å². The number of carbonyl (C=O) groups is 1. The Labute approximate surface area is 131 Å². The van der Waals surface area contributed by atoms with E-state index in [-0.39, 0.29) is 12.4 Å². The largest absolute Gasteiger partial charge is 0.476 e. The van der Waals surface area contributed by atoms with E-state index in [4.69, 9.17) is 16.3 Å². The lowest BCUT2D eigenvalue weighted by atomic mass is 10.2. The molecular weight excluding hydrogens is 310 g/mol. The summed E-state index contributed by atoms with van der Waals surface area (Å²) in [6.45, 7) is 1.44. The van der Waals surface area contributed by atoms with Crippen LogP contribution in [0, 0.1) is 17.0 Å². The number of anilines is 1. The minimum Gasteiger partial charge on any atom is -0.476 e. The molecule has 0 bridgehead atoms. The second-order valence-electron chi connectivity index (χ2n) is 4.38. The Balaban J connectivity index is 2.02. The van der Waals surface area contributed by atoms with Crippen LogP contribution in [0.4, 0.5) is 11.5 Å². The predicted octanol–water partition coefficient (Wildman–Crippen LogP) is 2.97. The summed E-state index contributed by atoms with van der Waals surface area (Å²) in [4.78, 5) is 25.6. The average molecular weight is 322 g/mol. The summed E-state index contributed by atoms with van der Waals surface area (Å²) in [5.41, 5.74) is 1.40. The van der Waals surface area contributed by atoms with Crippen LogP contribution < -0.4 is 10.1 Å². The predicted molar refractivity (Wildman–Crippen MR) is 81.2 cm³/mol. The fraction of sp³-hybridized carbons (Fsp3) is 0.143. The summed E-state index contributed by atoms with van der Waals surface area (Å²) >= 11 is 5.86. The minimum absolute atomic E-state index is 0.0644. The molecule has 7 nitrogen and oxygen atoms in total. The van der Waals surface area contributed by atoms with Crippen molar-refractivity contribution in [1.82, 2.24) is 4.98 Å². The van der Waals surface area contributed by atoms with Crippen molar-refractivity contribution in [3.05, 3.63) is 57.2 Å². The van der Waals surface area contributed by atoms with Gasteiger partial charge in [-0.2, -0.15) is 0 Å². The molecule has 1 heterocycles. The summed E-state index contributed by atoms with van der Waals surface area (Å²) < 4.78 is 5.15. The number of aromatic nitrogens is 1. The lowest BCUT2D eigenvalue weighted by Gasteiger charge is -2.09. The van der Waals surface area contributed by atoms with Crippen LogP contribution in [0.5, 0.6) is 5.75 Å². The smallest absolute Gasteiger partial charge is 0.406 e. The highest BCUT2D eigenvalue weighted by atomic mass is 35.5. The van der Waals surface area contributed by atoms with Gasteiger partial charge >= 0.3 is 5.82 Å². The third-order valence-corrected chi connectivity index (χ3v) is 2.99. The van der Waals surface area contributed by atoms with Crippen LogP contribution in [0.25, 0.3) is 0 Å². The number of carbonyl (C=O) groups excluding carboxylic acids is 1. The second kappa shape index (κ2) is 6.86. The van der Waals surface area contributed by atoms with Gasteiger partial charge in [-0.3, -0.25) is 4.79 Å². The lowest BCUT2D eigenvalue weighted by molar-refractivity contribution is -0.390. The average Bonchev–Trinajstić information content (AvgIpc) is 2.49. The Kier molecular flexibility index (Phi) is 4.90. The maximum atomic E-state index is 11.9. The highest BCUT2D eigenvalue weighted by molar-refractivity contribution is 6.31. The molecule has 2 aromatic rings. The Morgan fingerprint density at radius 3 is 2.95 bits per heavy atom. The highest BCUT2D eigenvalue weighted by Gasteiger charge is 2.16. The molecule has 0 atom stereocenters. The molecule has 0 fully saturated rings. The van der Waals surface area contributed by atoms with Crippen molar-refractivity contribution in [2.24, 2.45) is 0 Å². The fourth-order valence-electron chi connectivity index (χ4n) is 1.69. The number of halogens is 1. The maximum Gasteiger partial charge on any atom is 0.406 e. The molecule has 0 saturated heterocycles. The van der Waals surface area contributed by atoms with Crippen LogP contribution >= 0.6 is 11.6 Å². The first kappa shape index (κ1) is 15.7. The van der Waals surface area contributed by atoms with Crippen molar-refractivity contribution in [2.45, 2.75) is 6.92 Å². The normalized spacial score (nSPS) is 10.1. The molecule has 1 aromatic carbocycles. The monoisotopic (exact) mass is 321 g/mol. The van der Waals surface area contributed by atoms with Gasteiger partial charge in [0.05, 0.1) is 0 Å². The van der Waals surface area contributed by atoms with Gasteiger partial charge in [-0.05, 0) is 46.7 Å². The van der Waals surface area contributed by atoms with Gasteiger partial charge in [0.1, 0.15) is 6.20 Å². The van der Waals surface area contributed by atoms with Crippen molar-refractivity contribution in [1.29, 1.82) is 0 Å². The molecule has 1 amide bonds. The molecular formula is C14H12ClN3O4. The lowest BCUT2D eigenvalue weighted by Crippen LogP contribution is -2.21. The van der Waals surface area contributed by atoms with Crippen LogP contribution in [-0.2, 0) is 4.79 Å². The SMILES string of the molecule is Cc1ccc(Cl)cc1NC(=O)COc1cccnc1[N+](=O)[O-]. The van der Waals surface area contributed by atoms with Crippen LogP contribution in [0.3, 0.4) is 0 Å². The Morgan fingerprint density at radius 1 is 1.45 bits per heavy atom. The van der Waals surface area contributed by atoms with E-state index in [1.54, 1.807) is 18.2 Å². The standard InChI is InChI=1S/C14H12ClN3O4/c1-9-4-5-10(15)7-11(9)17-13(19)8-22-12-3-2-6-16-14(12)18(20)21/h2-7H,8H2,1H3,(H,17,19). The van der Waals surface area contributed by atoms with Crippen LogP contribution in [0.2, 0.25) is 5.02 Å². The molecule has 0 unspecified atom stereocenters. The Morgan fingerprint density at radius 2 is 2.23 bits per heavy atom. The van der Waals surface area contributed by atoms with E-state index < -0.39 is 16.6 Å². The summed E-state index contributed by atoms with van der Waals surface area (Å²) in [5, 5.41) is 13.9. The van der Waals surface area contributed by atoms with E-state index in [0.29, 0.717) is 10.7 Å². The first-order valence-electron chi connectivity index (χ1n) is 6.25. The van der Waals surface area contributed by atoms with Gasteiger partial charge < -0.3 is 20.2 Å². The van der Waals surface area contributed by atoms with Crippen LogP contribution in [0.15, 0.2) is 36.5 Å². The van der Waals surface area contributed by atoms with Crippen molar-refractivity contribution < 1.29 is 14.5 Å². The summed E-state index contributed by atoms with van der Waals surface area (Å²) in [6, 6.07) is 7.96. The number of nitro groups is 1. The summed E-state index contributed by atoms with van der Waals surface area (Å²) in [7, 11) is 0. The zero-order valence-electron chi connectivity index (χ0n) is 11.6. The zero-order valence-corrected chi connectivity index (χ0v) is 12.3. The van der Waals surface area contributed by atoms with E-state index in [2.05, 4.69) is 10.3 Å². The van der Waals surface area contributed by atoms with Gasteiger partial charge in [0.2, 0.25) is 5.75 Å². The number of benzene rings is 1. The molecule has 1 N–H and O–H groups in total. The maximum absolute atomic E-state index is 11.9. The van der Waals surface area contributed by atoms with Crippen molar-refractivity contribution >= 4 is 29.0 Å². The molecule has 0 aliphatic heterocycles. The van der Waals surface area contributed by atoms with E-state index >= 15 is 0 Å². The number of hydrogen-bond acceptors (Lipinski definition) is 5. The number of hydrogen-bond donors (Lipinski definition) is 1. The Bertz CT molecular complexity index is 721. The molecule has 8 heteroatoms. The fourth-order valence-corrected chi connectivity index (χ4v) is 1.86. The number of ether oxygens (including phenoxy) is 1. The quantitative estimate of drug-likeness (QED) is 0.674. The first-order chi connectivity index (χ1) is 10.5. The molecule has 0 aliphatic carbocycles. The molecule has 22 heavy (non-hydrogen) atoms. The van der Waals surface area contributed by atoms with Gasteiger partial charge in [-0.15, -0.1) is 0 Å². The summed E-state index contributed by atoms with van der Waals surface area (Å²) in [5.74, 6) is -0.955. The molecule has 114 valence electrons. The number of nitrogens with one attached hydrogen (secondary N) is 1. The van der Waals surface area contributed by atoms with Crippen molar-refractivity contribution in [3.8, 4) is 5.75 Å². The van der Waals surface area contributed by atoms with E-state index in [0.717, 1.165) is 5.56 Å². The number of rotatable bonds is 5. The van der Waals surface area contributed by atoms with Gasteiger partial charge in [0.15, 0.2) is 6.61 Å². The molecule has 0 spiro atoms. The van der Waals surface area contributed by atoms with E-state index in [1.807, 2.05) is 6.92 Å². The molecule has 1 aromatic heterocycles. The third-order valence-electron chi connectivity index (χ3n) is 2.76. The molecule has 0 aliphatic rings. The summed E-state index contributed by atoms with van der Waals surface area (Å²) in [6.07, 6.45) is 1.28. The van der Waals surface area contributed by atoms with E-state index in [9.17, 15) is 14.9 Å². The van der Waals surface area contributed by atoms with E-state index in [1.165, 1.54) is 18.3 Å². The molecule has 2 rings (SSSR count). The second-order valence-corrected chi connectivity index (χ2v) is 4.81. The number of amides is 1. The Hall–Kier alpha value is -2.67. The topological polar surface area (TPSA) is 94.4 Å².